The number of carbonyl (C=O) groups is 1. The fraction of sp³-hybridized carbons (Fsp3) is 0.468. The van der Waals surface area contributed by atoms with Crippen LogP contribution >= 0.6 is 0 Å². The number of aliphatic hydroxyl groups excluding tert-OH is 1. The van der Waals surface area contributed by atoms with Gasteiger partial charge in [0, 0.05) is 71.1 Å². The Bertz CT molecular complexity index is 2090. The molecule has 3 aromatic heterocycles. The second-order valence-corrected chi connectivity index (χ2v) is 16.7. The van der Waals surface area contributed by atoms with Crippen LogP contribution in [0.5, 0.6) is 0 Å². The number of benzene rings is 2. The van der Waals surface area contributed by atoms with Gasteiger partial charge in [-0.3, -0.25) is 14.8 Å². The van der Waals surface area contributed by atoms with Crippen molar-refractivity contribution in [1.82, 2.24) is 9.97 Å². The molecule has 1 aliphatic carbocycles. The quantitative estimate of drug-likeness (QED) is 0.0859. The Morgan fingerprint density at radius 3 is 2.19 bits per heavy atom. The Morgan fingerprint density at radius 1 is 0.906 bits per heavy atom. The number of aromatic nitrogens is 2. The van der Waals surface area contributed by atoms with E-state index in [1.807, 2.05) is 47.7 Å². The van der Waals surface area contributed by atoms with Gasteiger partial charge >= 0.3 is 0 Å². The zero-order valence-corrected chi connectivity index (χ0v) is 36.2. The number of rotatable bonds is 10. The summed E-state index contributed by atoms with van der Waals surface area (Å²) in [6.45, 7) is 23.3. The Hall–Kier alpha value is -3.60. The molecule has 0 amide bonds. The van der Waals surface area contributed by atoms with E-state index in [9.17, 15) is 9.90 Å². The predicted octanol–water partition coefficient (Wildman–Crippen LogP) is 12.8. The third-order valence-corrected chi connectivity index (χ3v) is 11.7. The molecule has 0 aliphatic heterocycles. The van der Waals surface area contributed by atoms with Crippen molar-refractivity contribution in [1.29, 1.82) is 0 Å². The van der Waals surface area contributed by atoms with Crippen molar-refractivity contribution in [2.24, 2.45) is 16.7 Å². The van der Waals surface area contributed by atoms with Crippen LogP contribution in [0.2, 0.25) is 0 Å². The summed E-state index contributed by atoms with van der Waals surface area (Å²) in [6, 6.07) is 20.8. The van der Waals surface area contributed by atoms with E-state index in [1.54, 1.807) is 0 Å². The molecule has 1 radical (unpaired) electrons. The molecular formula is C47H59IrN2O3-. The van der Waals surface area contributed by atoms with Crippen LogP contribution in [0, 0.1) is 22.8 Å². The second kappa shape index (κ2) is 16.8. The fourth-order valence-corrected chi connectivity index (χ4v) is 7.11. The first-order valence-corrected chi connectivity index (χ1v) is 19.4. The minimum atomic E-state index is -0.337. The predicted molar refractivity (Wildman–Crippen MR) is 217 cm³/mol. The van der Waals surface area contributed by atoms with Gasteiger partial charge in [0.25, 0.3) is 0 Å². The molecule has 0 atom stereocenters. The van der Waals surface area contributed by atoms with E-state index in [0.29, 0.717) is 5.92 Å². The fourth-order valence-electron chi connectivity index (χ4n) is 7.11. The minimum Gasteiger partial charge on any atom is -0.512 e. The van der Waals surface area contributed by atoms with E-state index in [4.69, 9.17) is 14.4 Å². The number of aryl methyl sites for hydroxylation is 2. The zero-order chi connectivity index (χ0) is 38.0. The molecule has 5 nitrogen and oxygen atoms in total. The van der Waals surface area contributed by atoms with E-state index < -0.39 is 0 Å². The van der Waals surface area contributed by atoms with Gasteiger partial charge in [0.15, 0.2) is 5.78 Å². The number of pyridine rings is 2. The number of nitrogens with zero attached hydrogens (tertiary/aromatic N) is 2. The van der Waals surface area contributed by atoms with Crippen LogP contribution in [-0.2, 0) is 49.6 Å². The van der Waals surface area contributed by atoms with Gasteiger partial charge < -0.3 is 9.52 Å². The molecule has 0 saturated heterocycles. The molecule has 0 fully saturated rings. The number of hydrogen-bond donors (Lipinski definition) is 1. The Kier molecular flexibility index (Phi) is 13.4. The summed E-state index contributed by atoms with van der Waals surface area (Å²) in [6.07, 6.45) is 9.54. The summed E-state index contributed by atoms with van der Waals surface area (Å²) in [4.78, 5) is 22.0. The maximum absolute atomic E-state index is 12.2. The summed E-state index contributed by atoms with van der Waals surface area (Å²) in [5.41, 5.74) is 8.09. The first-order valence-electron chi connectivity index (χ1n) is 19.4. The summed E-state index contributed by atoms with van der Waals surface area (Å²) < 4.78 is 6.64. The largest absolute Gasteiger partial charge is 0.512 e. The maximum atomic E-state index is 12.2. The number of ketones is 1. The Labute approximate surface area is 331 Å². The van der Waals surface area contributed by atoms with Gasteiger partial charge in [0.05, 0.1) is 5.69 Å². The molecular weight excluding hydrogens is 833 g/mol. The van der Waals surface area contributed by atoms with Gasteiger partial charge in [-0.05, 0) is 74.5 Å². The Balaban J connectivity index is 0.000000299. The van der Waals surface area contributed by atoms with Gasteiger partial charge in [-0.25, -0.2) is 0 Å². The van der Waals surface area contributed by atoms with E-state index >= 15 is 0 Å². The van der Waals surface area contributed by atoms with Crippen LogP contribution in [0.1, 0.15) is 124 Å². The standard InChI is InChI=1S/C32H31N2O.C15H28O2.Ir/c1-19(2)16-22-10-11-26-28(34-22)13-12-24-25-14-15-33-29(31(25)35-30(24)26)21-17-20-8-6-7-9-23(20)27(18-21)32(3,4)5;1-7-14(5,8-2)12(16)11-13(17)15(6,9-3)10-4;/h6-11,14-15,18-19H,12-13,16H2,1-5H3;11,16H,7-10H2,1-6H3;/q-1;;/b;12-11-;. The summed E-state index contributed by atoms with van der Waals surface area (Å²) in [7, 11) is 0. The third-order valence-electron chi connectivity index (χ3n) is 11.7. The average molecular weight is 892 g/mol. The van der Waals surface area contributed by atoms with E-state index in [1.165, 1.54) is 28.3 Å². The third kappa shape index (κ3) is 8.71. The molecule has 5 aromatic rings. The number of aliphatic hydroxyl groups is 1. The number of fused-ring (bicyclic) bond motifs is 6. The van der Waals surface area contributed by atoms with E-state index in [2.05, 4.69) is 89.2 Å². The van der Waals surface area contributed by atoms with Crippen LogP contribution < -0.4 is 0 Å². The SMILES string of the molecule is CC(C)Cc1ccc2c(n1)CCc1c-2oc2c(-c3[c-]c4ccccc4c(C(C)(C)C)c3)nccc12.CCC(C)(CC)C(=O)/C=C(\O)C(C)(CC)CC.[Ir]. The summed E-state index contributed by atoms with van der Waals surface area (Å²) in [5, 5.41) is 13.6. The molecule has 1 aliphatic rings. The van der Waals surface area contributed by atoms with Crippen molar-refractivity contribution in [2.45, 2.75) is 127 Å². The first-order chi connectivity index (χ1) is 24.6. The van der Waals surface area contributed by atoms with Crippen molar-refractivity contribution in [3.63, 3.8) is 0 Å². The van der Waals surface area contributed by atoms with Gasteiger partial charge in [0.2, 0.25) is 0 Å². The zero-order valence-electron chi connectivity index (χ0n) is 33.8. The van der Waals surface area contributed by atoms with Gasteiger partial charge in [-0.1, -0.05) is 105 Å². The molecule has 285 valence electrons. The van der Waals surface area contributed by atoms with E-state index in [0.717, 1.165) is 89.6 Å². The van der Waals surface area contributed by atoms with Crippen molar-refractivity contribution in [3.05, 3.63) is 95.1 Å². The van der Waals surface area contributed by atoms with Crippen LogP contribution in [0.4, 0.5) is 0 Å². The number of carbonyl (C=O) groups excluding carboxylic acids is 1. The van der Waals surface area contributed by atoms with Crippen molar-refractivity contribution >= 4 is 27.5 Å². The van der Waals surface area contributed by atoms with Crippen LogP contribution in [0.15, 0.2) is 71.0 Å². The molecule has 0 bridgehead atoms. The van der Waals surface area contributed by atoms with Gasteiger partial charge in [0.1, 0.15) is 17.1 Å². The first kappa shape index (κ1) is 42.1. The Morgan fingerprint density at radius 2 is 1.57 bits per heavy atom. The molecule has 1 N–H and O–H groups in total. The van der Waals surface area contributed by atoms with Gasteiger partial charge in [-0.15, -0.1) is 29.1 Å². The molecule has 6 rings (SSSR count). The molecule has 53 heavy (non-hydrogen) atoms. The second-order valence-electron chi connectivity index (χ2n) is 16.7. The van der Waals surface area contributed by atoms with Crippen molar-refractivity contribution in [3.8, 4) is 22.6 Å². The van der Waals surface area contributed by atoms with Crippen molar-refractivity contribution < 1.29 is 34.4 Å². The number of furan rings is 1. The van der Waals surface area contributed by atoms with Crippen LogP contribution in [0.25, 0.3) is 44.3 Å². The summed E-state index contributed by atoms with van der Waals surface area (Å²) >= 11 is 0. The maximum Gasteiger partial charge on any atom is 0.164 e. The molecule has 0 spiro atoms. The van der Waals surface area contributed by atoms with E-state index in [-0.39, 0.29) is 47.9 Å². The number of hydrogen-bond acceptors (Lipinski definition) is 5. The van der Waals surface area contributed by atoms with Crippen LogP contribution in [-0.4, -0.2) is 20.9 Å². The van der Waals surface area contributed by atoms with Crippen molar-refractivity contribution in [2.75, 3.05) is 0 Å². The molecule has 6 heteroatoms. The van der Waals surface area contributed by atoms with Gasteiger partial charge in [-0.2, -0.15) is 0 Å². The minimum absolute atomic E-state index is 0. The molecule has 0 unspecified atom stereocenters. The molecule has 3 heterocycles. The monoisotopic (exact) mass is 892 g/mol. The topological polar surface area (TPSA) is 76.2 Å². The summed E-state index contributed by atoms with van der Waals surface area (Å²) in [5.74, 6) is 1.83. The normalized spacial score (nSPS) is 13.3. The number of allylic oxidation sites excluding steroid dienone is 2. The smallest absolute Gasteiger partial charge is 0.164 e. The molecule has 2 aromatic carbocycles. The average Bonchev–Trinajstić information content (AvgIpc) is 3.52. The molecule has 0 saturated carbocycles. The van der Waals surface area contributed by atoms with Crippen LogP contribution in [0.3, 0.4) is 0 Å².